The molecular weight excluding hydrogens is 250 g/mol. The van der Waals surface area contributed by atoms with Crippen molar-refractivity contribution in [3.05, 3.63) is 48.3 Å². The molecule has 0 unspecified atom stereocenters. The Labute approximate surface area is 110 Å². The normalized spacial score (nSPS) is 11.3. The molecule has 2 heterocycles. The van der Waals surface area contributed by atoms with E-state index in [1.54, 1.807) is 12.5 Å². The van der Waals surface area contributed by atoms with Crippen LogP contribution < -0.4 is 10.7 Å². The molecule has 0 aliphatic carbocycles. The number of furan rings is 2. The average molecular weight is 263 g/mol. The van der Waals surface area contributed by atoms with E-state index in [1.165, 1.54) is 0 Å². The lowest BCUT2D eigenvalue weighted by atomic mass is 10.3. The van der Waals surface area contributed by atoms with Crippen LogP contribution in [-0.4, -0.2) is 10.8 Å². The zero-order valence-corrected chi connectivity index (χ0v) is 10.7. The number of hydrazone groups is 1. The van der Waals surface area contributed by atoms with Gasteiger partial charge in [-0.1, -0.05) is 0 Å². The Morgan fingerprint density at radius 2 is 2.06 bits per heavy atom. The van der Waals surface area contributed by atoms with Crippen molar-refractivity contribution < 1.29 is 8.83 Å². The molecule has 0 saturated carbocycles. The van der Waals surface area contributed by atoms with Gasteiger partial charge in [-0.2, -0.15) is 5.10 Å². The molecule has 0 spiro atoms. The molecule has 0 aromatic carbocycles. The van der Waals surface area contributed by atoms with Crippen molar-refractivity contribution in [2.45, 2.75) is 13.5 Å². The molecule has 94 valence electrons. The molecule has 0 aliphatic heterocycles. The number of nitrogens with zero attached hydrogens (tertiary/aromatic N) is 1. The number of thiocarbonyl (C=S) groups is 1. The molecule has 5 nitrogen and oxygen atoms in total. The first kappa shape index (κ1) is 12.4. The Bertz CT molecular complexity index is 518. The van der Waals surface area contributed by atoms with Crippen LogP contribution >= 0.6 is 12.2 Å². The quantitative estimate of drug-likeness (QED) is 0.503. The zero-order chi connectivity index (χ0) is 12.8. The first-order chi connectivity index (χ1) is 8.75. The Balaban J connectivity index is 1.79. The molecule has 0 saturated heterocycles. The maximum atomic E-state index is 5.20. The van der Waals surface area contributed by atoms with Crippen molar-refractivity contribution in [1.29, 1.82) is 0 Å². The number of nitrogens with one attached hydrogen (secondary N) is 2. The van der Waals surface area contributed by atoms with Crippen molar-refractivity contribution >= 4 is 23.0 Å². The molecule has 0 radical (unpaired) electrons. The van der Waals surface area contributed by atoms with Gasteiger partial charge in [0, 0.05) is 0 Å². The minimum Gasteiger partial charge on any atom is -0.467 e. The SMILES string of the molecule is C/C(=N\NC(=S)NCc1ccco1)c1ccco1. The van der Waals surface area contributed by atoms with Crippen LogP contribution in [0.5, 0.6) is 0 Å². The van der Waals surface area contributed by atoms with Gasteiger partial charge in [-0.3, -0.25) is 5.43 Å². The van der Waals surface area contributed by atoms with Gasteiger partial charge in [0.1, 0.15) is 17.2 Å². The van der Waals surface area contributed by atoms with E-state index in [0.717, 1.165) is 11.5 Å². The lowest BCUT2D eigenvalue weighted by Crippen LogP contribution is -2.31. The smallest absolute Gasteiger partial charge is 0.187 e. The second-order valence-corrected chi connectivity index (χ2v) is 3.96. The summed E-state index contributed by atoms with van der Waals surface area (Å²) in [6, 6.07) is 7.33. The van der Waals surface area contributed by atoms with Gasteiger partial charge in [0.15, 0.2) is 5.11 Å². The second kappa shape index (κ2) is 6.02. The topological polar surface area (TPSA) is 62.7 Å². The summed E-state index contributed by atoms with van der Waals surface area (Å²) in [5, 5.41) is 7.51. The van der Waals surface area contributed by atoms with Crippen molar-refractivity contribution in [1.82, 2.24) is 10.7 Å². The van der Waals surface area contributed by atoms with Gasteiger partial charge < -0.3 is 14.2 Å². The second-order valence-electron chi connectivity index (χ2n) is 3.55. The molecule has 2 rings (SSSR count). The third kappa shape index (κ3) is 3.46. The highest BCUT2D eigenvalue weighted by Gasteiger charge is 2.01. The zero-order valence-electron chi connectivity index (χ0n) is 9.84. The van der Waals surface area contributed by atoms with E-state index in [-0.39, 0.29) is 0 Å². The van der Waals surface area contributed by atoms with E-state index < -0.39 is 0 Å². The minimum atomic E-state index is 0.428. The largest absolute Gasteiger partial charge is 0.467 e. The van der Waals surface area contributed by atoms with E-state index >= 15 is 0 Å². The highest BCUT2D eigenvalue weighted by atomic mass is 32.1. The minimum absolute atomic E-state index is 0.428. The summed E-state index contributed by atoms with van der Waals surface area (Å²) >= 11 is 5.07. The fourth-order valence-electron chi connectivity index (χ4n) is 1.29. The van der Waals surface area contributed by atoms with Gasteiger partial charge in [0.2, 0.25) is 0 Å². The van der Waals surface area contributed by atoms with E-state index in [9.17, 15) is 0 Å². The average Bonchev–Trinajstić information content (AvgIpc) is 3.05. The van der Waals surface area contributed by atoms with Crippen LogP contribution in [0.3, 0.4) is 0 Å². The predicted molar refractivity (Wildman–Crippen MR) is 72.2 cm³/mol. The van der Waals surface area contributed by atoms with Gasteiger partial charge in [-0.25, -0.2) is 0 Å². The van der Waals surface area contributed by atoms with E-state index in [0.29, 0.717) is 17.4 Å². The van der Waals surface area contributed by atoms with Crippen LogP contribution in [0.1, 0.15) is 18.4 Å². The maximum Gasteiger partial charge on any atom is 0.187 e. The molecular formula is C12H13N3O2S. The highest BCUT2D eigenvalue weighted by molar-refractivity contribution is 7.80. The fraction of sp³-hybridized carbons (Fsp3) is 0.167. The molecule has 18 heavy (non-hydrogen) atoms. The summed E-state index contributed by atoms with van der Waals surface area (Å²) in [5.74, 6) is 1.52. The number of hydrogen-bond acceptors (Lipinski definition) is 4. The molecule has 2 aromatic heterocycles. The first-order valence-electron chi connectivity index (χ1n) is 5.40. The van der Waals surface area contributed by atoms with Gasteiger partial charge in [0.05, 0.1) is 19.1 Å². The predicted octanol–water partition coefficient (Wildman–Crippen LogP) is 2.26. The van der Waals surface area contributed by atoms with E-state index in [2.05, 4.69) is 15.8 Å². The Morgan fingerprint density at radius 1 is 1.28 bits per heavy atom. The summed E-state index contributed by atoms with van der Waals surface area (Å²) < 4.78 is 10.4. The third-order valence-corrected chi connectivity index (χ3v) is 2.44. The molecule has 2 aromatic rings. The van der Waals surface area contributed by atoms with Crippen LogP contribution in [0.25, 0.3) is 0 Å². The summed E-state index contributed by atoms with van der Waals surface area (Å²) in [6.45, 7) is 2.36. The summed E-state index contributed by atoms with van der Waals surface area (Å²) in [7, 11) is 0. The van der Waals surface area contributed by atoms with Crippen LogP contribution in [-0.2, 0) is 6.54 Å². The Morgan fingerprint density at radius 3 is 2.72 bits per heavy atom. The van der Waals surface area contributed by atoms with Crippen LogP contribution in [0.4, 0.5) is 0 Å². The molecule has 0 atom stereocenters. The molecule has 0 fully saturated rings. The first-order valence-corrected chi connectivity index (χ1v) is 5.81. The summed E-state index contributed by atoms with van der Waals surface area (Å²) in [4.78, 5) is 0. The van der Waals surface area contributed by atoms with Gasteiger partial charge in [-0.05, 0) is 43.4 Å². The van der Waals surface area contributed by atoms with Crippen LogP contribution in [0, 0.1) is 0 Å². The third-order valence-electron chi connectivity index (χ3n) is 2.21. The number of rotatable bonds is 4. The van der Waals surface area contributed by atoms with Crippen molar-refractivity contribution in [2.75, 3.05) is 0 Å². The Hall–Kier alpha value is -2.08. The monoisotopic (exact) mass is 263 g/mol. The van der Waals surface area contributed by atoms with Crippen LogP contribution in [0.15, 0.2) is 50.7 Å². The highest BCUT2D eigenvalue weighted by Crippen LogP contribution is 2.01. The van der Waals surface area contributed by atoms with E-state index in [1.807, 2.05) is 31.2 Å². The summed E-state index contributed by atoms with van der Waals surface area (Å²) in [6.07, 6.45) is 3.22. The van der Waals surface area contributed by atoms with Crippen molar-refractivity contribution in [3.63, 3.8) is 0 Å². The maximum absolute atomic E-state index is 5.20. The van der Waals surface area contributed by atoms with Crippen LogP contribution in [0.2, 0.25) is 0 Å². The van der Waals surface area contributed by atoms with Gasteiger partial charge >= 0.3 is 0 Å². The van der Waals surface area contributed by atoms with Crippen molar-refractivity contribution in [3.8, 4) is 0 Å². The lowest BCUT2D eigenvalue weighted by Gasteiger charge is -2.05. The fourth-order valence-corrected chi connectivity index (χ4v) is 1.41. The standard InChI is InChI=1S/C12H13N3O2S/c1-9(11-5-3-7-17-11)14-15-12(18)13-8-10-4-2-6-16-10/h2-7H,8H2,1H3,(H2,13,15,18)/b14-9+. The molecule has 6 heteroatoms. The molecule has 0 bridgehead atoms. The molecule has 2 N–H and O–H groups in total. The van der Waals surface area contributed by atoms with Gasteiger partial charge in [0.25, 0.3) is 0 Å². The summed E-state index contributed by atoms with van der Waals surface area (Å²) in [5.41, 5.74) is 3.46. The molecule has 0 amide bonds. The van der Waals surface area contributed by atoms with Crippen molar-refractivity contribution in [2.24, 2.45) is 5.10 Å². The van der Waals surface area contributed by atoms with E-state index in [4.69, 9.17) is 21.1 Å². The molecule has 0 aliphatic rings. The number of hydrogen-bond donors (Lipinski definition) is 2. The Kier molecular flexibility index (Phi) is 4.14. The lowest BCUT2D eigenvalue weighted by molar-refractivity contribution is 0.502. The van der Waals surface area contributed by atoms with Gasteiger partial charge in [-0.15, -0.1) is 0 Å².